The number of urea groups is 1. The fraction of sp³-hybridized carbons (Fsp3) is 0.533. The van der Waals surface area contributed by atoms with E-state index in [-0.39, 0.29) is 24.2 Å². The minimum Gasteiger partial charge on any atom is -0.508 e. The average molecular weight is 280 g/mol. The Bertz CT molecular complexity index is 402. The van der Waals surface area contributed by atoms with Gasteiger partial charge in [-0.15, -0.1) is 0 Å². The molecule has 0 aliphatic heterocycles. The van der Waals surface area contributed by atoms with Gasteiger partial charge in [0.25, 0.3) is 0 Å². The van der Waals surface area contributed by atoms with Crippen LogP contribution in [0.25, 0.3) is 0 Å². The third kappa shape index (κ3) is 5.48. The zero-order chi connectivity index (χ0) is 15.0. The molecule has 0 aromatic heterocycles. The first kappa shape index (κ1) is 16.3. The third-order valence-electron chi connectivity index (χ3n) is 3.45. The maximum Gasteiger partial charge on any atom is 0.315 e. The highest BCUT2D eigenvalue weighted by Crippen LogP contribution is 2.12. The topological polar surface area (TPSA) is 81.6 Å². The van der Waals surface area contributed by atoms with Gasteiger partial charge >= 0.3 is 6.03 Å². The van der Waals surface area contributed by atoms with Crippen LogP contribution < -0.4 is 10.6 Å². The van der Waals surface area contributed by atoms with Crippen LogP contribution in [-0.2, 0) is 6.54 Å². The van der Waals surface area contributed by atoms with E-state index in [9.17, 15) is 9.90 Å². The van der Waals surface area contributed by atoms with Crippen LogP contribution in [0.2, 0.25) is 0 Å². The second kappa shape index (κ2) is 8.43. The maximum absolute atomic E-state index is 11.6. The Balaban J connectivity index is 2.28. The lowest BCUT2D eigenvalue weighted by Crippen LogP contribution is -2.41. The summed E-state index contributed by atoms with van der Waals surface area (Å²) in [6, 6.07) is 6.34. The van der Waals surface area contributed by atoms with Crippen molar-refractivity contribution in [2.75, 3.05) is 6.54 Å². The van der Waals surface area contributed by atoms with Crippen molar-refractivity contribution >= 4 is 6.03 Å². The molecule has 0 radical (unpaired) electrons. The second-order valence-corrected chi connectivity index (χ2v) is 4.87. The van der Waals surface area contributed by atoms with Crippen molar-refractivity contribution in [3.8, 4) is 5.75 Å². The van der Waals surface area contributed by atoms with E-state index in [4.69, 9.17) is 5.11 Å². The zero-order valence-electron chi connectivity index (χ0n) is 12.1. The lowest BCUT2D eigenvalue weighted by molar-refractivity contribution is 0.103. The molecule has 5 nitrogen and oxygen atoms in total. The molecule has 1 atom stereocenters. The average Bonchev–Trinajstić information content (AvgIpc) is 2.45. The van der Waals surface area contributed by atoms with Gasteiger partial charge in [0, 0.05) is 13.1 Å². The number of nitrogens with one attached hydrogen (secondary N) is 2. The van der Waals surface area contributed by atoms with Gasteiger partial charge in [-0.05, 0) is 23.6 Å². The molecule has 4 N–H and O–H groups in total. The third-order valence-corrected chi connectivity index (χ3v) is 3.45. The highest BCUT2D eigenvalue weighted by molar-refractivity contribution is 5.73. The number of carbonyl (C=O) groups excluding carboxylic acids is 1. The molecule has 112 valence electrons. The van der Waals surface area contributed by atoms with Gasteiger partial charge in [-0.2, -0.15) is 0 Å². The molecule has 0 heterocycles. The number of aromatic hydroxyl groups is 1. The van der Waals surface area contributed by atoms with Crippen LogP contribution in [0.5, 0.6) is 5.75 Å². The summed E-state index contributed by atoms with van der Waals surface area (Å²) in [5, 5.41) is 24.4. The fourth-order valence-electron chi connectivity index (χ4n) is 2.06. The highest BCUT2D eigenvalue weighted by Gasteiger charge is 2.15. The number of rotatable bonds is 7. The van der Waals surface area contributed by atoms with Crippen LogP contribution in [-0.4, -0.2) is 28.9 Å². The fourth-order valence-corrected chi connectivity index (χ4v) is 2.06. The number of carbonyl (C=O) groups is 1. The van der Waals surface area contributed by atoms with Crippen LogP contribution in [0, 0.1) is 5.92 Å². The van der Waals surface area contributed by atoms with Gasteiger partial charge in [0.2, 0.25) is 0 Å². The van der Waals surface area contributed by atoms with Crippen molar-refractivity contribution in [3.05, 3.63) is 29.8 Å². The van der Waals surface area contributed by atoms with Crippen molar-refractivity contribution in [3.63, 3.8) is 0 Å². The molecule has 0 fully saturated rings. The molecule has 20 heavy (non-hydrogen) atoms. The summed E-state index contributed by atoms with van der Waals surface area (Å²) in [6.45, 7) is 4.70. The van der Waals surface area contributed by atoms with E-state index < -0.39 is 6.10 Å². The Morgan fingerprint density at radius 2 is 1.75 bits per heavy atom. The normalized spacial score (nSPS) is 12.2. The molecule has 0 aliphatic carbocycles. The van der Waals surface area contributed by atoms with Crippen molar-refractivity contribution in [1.82, 2.24) is 10.6 Å². The van der Waals surface area contributed by atoms with E-state index in [2.05, 4.69) is 10.6 Å². The lowest BCUT2D eigenvalue weighted by Gasteiger charge is -2.20. The zero-order valence-corrected chi connectivity index (χ0v) is 12.1. The summed E-state index contributed by atoms with van der Waals surface area (Å²) < 4.78 is 0. The van der Waals surface area contributed by atoms with Crippen molar-refractivity contribution < 1.29 is 15.0 Å². The minimum absolute atomic E-state index is 0.200. The Morgan fingerprint density at radius 1 is 1.15 bits per heavy atom. The predicted molar refractivity (Wildman–Crippen MR) is 78.4 cm³/mol. The Hall–Kier alpha value is -1.75. The molecule has 0 aliphatic rings. The molecule has 2 amide bonds. The first-order chi connectivity index (χ1) is 9.56. The molecule has 1 rings (SSSR count). The summed E-state index contributed by atoms with van der Waals surface area (Å²) in [6.07, 6.45) is 1.28. The van der Waals surface area contributed by atoms with E-state index in [0.29, 0.717) is 6.54 Å². The van der Waals surface area contributed by atoms with Crippen LogP contribution in [0.15, 0.2) is 24.3 Å². The molecule has 0 saturated carbocycles. The van der Waals surface area contributed by atoms with Gasteiger partial charge < -0.3 is 20.8 Å². The Kier molecular flexibility index (Phi) is 6.87. The van der Waals surface area contributed by atoms with E-state index >= 15 is 0 Å². The minimum atomic E-state index is -0.510. The summed E-state index contributed by atoms with van der Waals surface area (Å²) in [4.78, 5) is 11.6. The van der Waals surface area contributed by atoms with Crippen molar-refractivity contribution in [2.45, 2.75) is 39.3 Å². The number of hydrogen-bond acceptors (Lipinski definition) is 3. The summed E-state index contributed by atoms with van der Waals surface area (Å²) >= 11 is 0. The van der Waals surface area contributed by atoms with Gasteiger partial charge in [0.15, 0.2) is 0 Å². The molecule has 0 saturated heterocycles. The molecule has 5 heteroatoms. The molecular weight excluding hydrogens is 256 g/mol. The number of hydrogen-bond donors (Lipinski definition) is 4. The maximum atomic E-state index is 11.6. The van der Waals surface area contributed by atoms with E-state index in [1.54, 1.807) is 24.3 Å². The number of aliphatic hydroxyl groups is 1. The number of amides is 2. The van der Waals surface area contributed by atoms with E-state index in [0.717, 1.165) is 18.4 Å². The molecule has 1 unspecified atom stereocenters. The number of phenols is 1. The summed E-state index contributed by atoms with van der Waals surface area (Å²) in [5.74, 6) is 0.416. The van der Waals surface area contributed by atoms with Crippen LogP contribution in [0.4, 0.5) is 4.79 Å². The van der Waals surface area contributed by atoms with Gasteiger partial charge in [-0.3, -0.25) is 0 Å². The number of phenolic OH excluding ortho intramolecular Hbond substituents is 1. The molecule has 1 aromatic rings. The lowest BCUT2D eigenvalue weighted by atomic mass is 9.97. The summed E-state index contributed by atoms with van der Waals surface area (Å²) in [5.41, 5.74) is 0.901. The van der Waals surface area contributed by atoms with Gasteiger partial charge in [-0.1, -0.05) is 38.8 Å². The molecular formula is C15H24N2O3. The van der Waals surface area contributed by atoms with Gasteiger partial charge in [0.1, 0.15) is 5.75 Å². The van der Waals surface area contributed by atoms with E-state index in [1.165, 1.54) is 0 Å². The molecule has 0 bridgehead atoms. The second-order valence-electron chi connectivity index (χ2n) is 4.87. The SMILES string of the molecule is CCC(CC)C(O)CNC(=O)NCc1ccc(O)cc1. The highest BCUT2D eigenvalue weighted by atomic mass is 16.3. The first-order valence-corrected chi connectivity index (χ1v) is 7.04. The number of benzene rings is 1. The Morgan fingerprint density at radius 3 is 2.30 bits per heavy atom. The predicted octanol–water partition coefficient (Wildman–Crippen LogP) is 1.99. The number of aliphatic hydroxyl groups excluding tert-OH is 1. The molecule has 0 spiro atoms. The van der Waals surface area contributed by atoms with Crippen molar-refractivity contribution in [1.29, 1.82) is 0 Å². The monoisotopic (exact) mass is 280 g/mol. The van der Waals surface area contributed by atoms with E-state index in [1.807, 2.05) is 13.8 Å². The van der Waals surface area contributed by atoms with Crippen LogP contribution >= 0.6 is 0 Å². The van der Waals surface area contributed by atoms with Gasteiger partial charge in [-0.25, -0.2) is 4.79 Å². The summed E-state index contributed by atoms with van der Waals surface area (Å²) in [7, 11) is 0. The largest absolute Gasteiger partial charge is 0.508 e. The Labute approximate surface area is 120 Å². The van der Waals surface area contributed by atoms with Gasteiger partial charge in [0.05, 0.1) is 6.10 Å². The quantitative estimate of drug-likeness (QED) is 0.616. The van der Waals surface area contributed by atoms with Crippen molar-refractivity contribution in [2.24, 2.45) is 5.92 Å². The molecule has 1 aromatic carbocycles. The smallest absolute Gasteiger partial charge is 0.315 e. The first-order valence-electron chi connectivity index (χ1n) is 7.04. The standard InChI is InChI=1S/C15H24N2O3/c1-3-12(4-2)14(19)10-17-15(20)16-9-11-5-7-13(18)8-6-11/h5-8,12,14,18-19H,3-4,9-10H2,1-2H3,(H2,16,17,20). The van der Waals surface area contributed by atoms with Crippen LogP contribution in [0.3, 0.4) is 0 Å². The van der Waals surface area contributed by atoms with Crippen LogP contribution in [0.1, 0.15) is 32.3 Å².